The smallest absolute Gasteiger partial charge is 0.259 e. The van der Waals surface area contributed by atoms with Crippen LogP contribution in [0.3, 0.4) is 0 Å². The third kappa shape index (κ3) is 2.70. The molecule has 1 heterocycles. The quantitative estimate of drug-likeness (QED) is 0.925. The molecule has 0 bridgehead atoms. The van der Waals surface area contributed by atoms with Crippen LogP contribution in [-0.4, -0.2) is 21.1 Å². The molecule has 0 aliphatic heterocycles. The van der Waals surface area contributed by atoms with Crippen molar-refractivity contribution in [1.29, 1.82) is 0 Å². The molecule has 0 atom stereocenters. The van der Waals surface area contributed by atoms with Crippen LogP contribution in [0.25, 0.3) is 0 Å². The molecular weight excluding hydrogens is 296 g/mol. The molecule has 2 aromatic rings. The second-order valence-electron chi connectivity index (χ2n) is 3.74. The standard InChI is InChI=1S/C12H11BrN4O/c1-7-8(2)16-17-12(14-7)15-11(18)9-5-3-4-6-10(9)13/h3-6H,1-2H3,(H,14,15,17,18). The number of halogens is 1. The number of amides is 1. The minimum absolute atomic E-state index is 0.207. The first-order valence-corrected chi connectivity index (χ1v) is 6.11. The number of aryl methyl sites for hydroxylation is 2. The summed E-state index contributed by atoms with van der Waals surface area (Å²) in [6.45, 7) is 3.63. The predicted molar refractivity (Wildman–Crippen MR) is 71.4 cm³/mol. The second kappa shape index (κ2) is 5.22. The molecule has 0 saturated heterocycles. The molecule has 0 fully saturated rings. The van der Waals surface area contributed by atoms with Crippen molar-refractivity contribution >= 4 is 27.8 Å². The zero-order chi connectivity index (χ0) is 13.1. The molecule has 0 unspecified atom stereocenters. The summed E-state index contributed by atoms with van der Waals surface area (Å²) in [6.07, 6.45) is 0. The third-order valence-corrected chi connectivity index (χ3v) is 3.13. The molecule has 6 heteroatoms. The highest BCUT2D eigenvalue weighted by molar-refractivity contribution is 9.10. The van der Waals surface area contributed by atoms with Crippen molar-refractivity contribution < 1.29 is 4.79 Å². The SMILES string of the molecule is Cc1nnc(NC(=O)c2ccccc2Br)nc1C. The van der Waals surface area contributed by atoms with Crippen molar-refractivity contribution in [2.24, 2.45) is 0 Å². The molecule has 0 spiro atoms. The van der Waals surface area contributed by atoms with Crippen molar-refractivity contribution in [3.63, 3.8) is 0 Å². The fourth-order valence-electron chi connectivity index (χ4n) is 1.32. The summed E-state index contributed by atoms with van der Waals surface area (Å²) in [5, 5.41) is 10.3. The fraction of sp³-hybridized carbons (Fsp3) is 0.167. The van der Waals surface area contributed by atoms with Gasteiger partial charge in [0.1, 0.15) is 0 Å². The second-order valence-corrected chi connectivity index (χ2v) is 4.59. The number of benzene rings is 1. The van der Waals surface area contributed by atoms with E-state index in [0.29, 0.717) is 5.56 Å². The first-order chi connectivity index (χ1) is 8.58. The average molecular weight is 307 g/mol. The highest BCUT2D eigenvalue weighted by atomic mass is 79.9. The van der Waals surface area contributed by atoms with Crippen LogP contribution in [0, 0.1) is 13.8 Å². The summed E-state index contributed by atoms with van der Waals surface area (Å²) >= 11 is 3.32. The number of nitrogens with one attached hydrogen (secondary N) is 1. The number of carbonyl (C=O) groups is 1. The number of anilines is 1. The molecule has 0 aliphatic rings. The Bertz CT molecular complexity index is 600. The first-order valence-electron chi connectivity index (χ1n) is 5.31. The number of rotatable bonds is 2. The molecule has 0 radical (unpaired) electrons. The van der Waals surface area contributed by atoms with E-state index in [1.54, 1.807) is 18.2 Å². The summed E-state index contributed by atoms with van der Waals surface area (Å²) in [4.78, 5) is 16.1. The van der Waals surface area contributed by atoms with Crippen LogP contribution >= 0.6 is 15.9 Å². The van der Waals surface area contributed by atoms with E-state index in [1.165, 1.54) is 0 Å². The largest absolute Gasteiger partial charge is 0.289 e. The van der Waals surface area contributed by atoms with E-state index in [4.69, 9.17) is 0 Å². The highest BCUT2D eigenvalue weighted by Gasteiger charge is 2.11. The molecule has 0 saturated carbocycles. The van der Waals surface area contributed by atoms with Crippen LogP contribution in [0.15, 0.2) is 28.7 Å². The molecule has 1 aromatic carbocycles. The van der Waals surface area contributed by atoms with Crippen LogP contribution in [0.5, 0.6) is 0 Å². The Labute approximate surface area is 113 Å². The topological polar surface area (TPSA) is 67.8 Å². The molecule has 5 nitrogen and oxygen atoms in total. The minimum atomic E-state index is -0.271. The van der Waals surface area contributed by atoms with Gasteiger partial charge in [0.2, 0.25) is 5.95 Å². The summed E-state index contributed by atoms with van der Waals surface area (Å²) < 4.78 is 0.722. The van der Waals surface area contributed by atoms with E-state index in [2.05, 4.69) is 36.4 Å². The monoisotopic (exact) mass is 306 g/mol. The number of carbonyl (C=O) groups excluding carboxylic acids is 1. The van der Waals surface area contributed by atoms with Crippen molar-refractivity contribution in [2.45, 2.75) is 13.8 Å². The van der Waals surface area contributed by atoms with Crippen molar-refractivity contribution in [3.05, 3.63) is 45.7 Å². The van der Waals surface area contributed by atoms with E-state index in [0.717, 1.165) is 15.9 Å². The minimum Gasteiger partial charge on any atom is -0.289 e. The zero-order valence-electron chi connectivity index (χ0n) is 9.94. The van der Waals surface area contributed by atoms with Gasteiger partial charge < -0.3 is 0 Å². The van der Waals surface area contributed by atoms with Crippen molar-refractivity contribution in [3.8, 4) is 0 Å². The average Bonchev–Trinajstić information content (AvgIpc) is 2.34. The number of hydrogen-bond acceptors (Lipinski definition) is 4. The van der Waals surface area contributed by atoms with Gasteiger partial charge in [0.25, 0.3) is 5.91 Å². The number of hydrogen-bond donors (Lipinski definition) is 1. The van der Waals surface area contributed by atoms with Crippen molar-refractivity contribution in [1.82, 2.24) is 15.2 Å². The Morgan fingerprint density at radius 1 is 1.17 bits per heavy atom. The highest BCUT2D eigenvalue weighted by Crippen LogP contribution is 2.16. The van der Waals surface area contributed by atoms with Gasteiger partial charge in [0.15, 0.2) is 0 Å². The maximum Gasteiger partial charge on any atom is 0.259 e. The van der Waals surface area contributed by atoms with Crippen LogP contribution in [-0.2, 0) is 0 Å². The zero-order valence-corrected chi connectivity index (χ0v) is 11.5. The molecular formula is C12H11BrN4O. The van der Waals surface area contributed by atoms with Gasteiger partial charge in [-0.05, 0) is 41.9 Å². The Morgan fingerprint density at radius 3 is 2.56 bits per heavy atom. The van der Waals surface area contributed by atoms with E-state index in [-0.39, 0.29) is 11.9 Å². The lowest BCUT2D eigenvalue weighted by Crippen LogP contribution is -2.16. The van der Waals surface area contributed by atoms with E-state index < -0.39 is 0 Å². The molecule has 2 rings (SSSR count). The van der Waals surface area contributed by atoms with Crippen LogP contribution < -0.4 is 5.32 Å². The summed E-state index contributed by atoms with van der Waals surface area (Å²) in [5.41, 5.74) is 2.01. The van der Waals surface area contributed by atoms with Gasteiger partial charge in [0, 0.05) is 4.47 Å². The first kappa shape index (κ1) is 12.6. The van der Waals surface area contributed by atoms with Gasteiger partial charge in [-0.2, -0.15) is 5.10 Å². The Morgan fingerprint density at radius 2 is 1.89 bits per heavy atom. The van der Waals surface area contributed by atoms with Crippen molar-refractivity contribution in [2.75, 3.05) is 5.32 Å². The van der Waals surface area contributed by atoms with Crippen LogP contribution in [0.1, 0.15) is 21.7 Å². The number of nitrogens with zero attached hydrogens (tertiary/aromatic N) is 3. The lowest BCUT2D eigenvalue weighted by Gasteiger charge is -2.05. The van der Waals surface area contributed by atoms with Gasteiger partial charge in [-0.3, -0.25) is 10.1 Å². The van der Waals surface area contributed by atoms with Crippen LogP contribution in [0.4, 0.5) is 5.95 Å². The normalized spacial score (nSPS) is 10.2. The van der Waals surface area contributed by atoms with E-state index >= 15 is 0 Å². The summed E-state index contributed by atoms with van der Waals surface area (Å²) in [7, 11) is 0. The maximum absolute atomic E-state index is 12.0. The fourth-order valence-corrected chi connectivity index (χ4v) is 1.79. The molecule has 92 valence electrons. The third-order valence-electron chi connectivity index (χ3n) is 2.44. The van der Waals surface area contributed by atoms with Crippen LogP contribution in [0.2, 0.25) is 0 Å². The summed E-state index contributed by atoms with van der Waals surface area (Å²) in [6, 6.07) is 7.15. The van der Waals surface area contributed by atoms with Gasteiger partial charge in [-0.25, -0.2) is 4.98 Å². The Kier molecular flexibility index (Phi) is 3.66. The van der Waals surface area contributed by atoms with E-state index in [1.807, 2.05) is 19.9 Å². The summed E-state index contributed by atoms with van der Waals surface area (Å²) in [5.74, 6) is -0.0635. The van der Waals surface area contributed by atoms with E-state index in [9.17, 15) is 4.79 Å². The van der Waals surface area contributed by atoms with Gasteiger partial charge in [-0.15, -0.1) is 5.10 Å². The maximum atomic E-state index is 12.0. The molecule has 18 heavy (non-hydrogen) atoms. The molecule has 1 amide bonds. The van der Waals surface area contributed by atoms with Gasteiger partial charge >= 0.3 is 0 Å². The Balaban J connectivity index is 2.22. The molecule has 0 aliphatic carbocycles. The lowest BCUT2D eigenvalue weighted by atomic mass is 10.2. The van der Waals surface area contributed by atoms with Gasteiger partial charge in [-0.1, -0.05) is 12.1 Å². The molecule has 1 N–H and O–H groups in total. The number of aromatic nitrogens is 3. The van der Waals surface area contributed by atoms with Gasteiger partial charge in [0.05, 0.1) is 17.0 Å². The lowest BCUT2D eigenvalue weighted by molar-refractivity contribution is 0.102. The predicted octanol–water partition coefficient (Wildman–Crippen LogP) is 2.50. The Hall–Kier alpha value is -1.82. The molecule has 1 aromatic heterocycles.